The topological polar surface area (TPSA) is 158 Å². The molecule has 41 heavy (non-hydrogen) atoms. The molecule has 1 heterocycles. The fraction of sp³-hybridized carbons (Fsp3) is 0.448. The minimum atomic E-state index is -1.66. The Morgan fingerprint density at radius 1 is 0.756 bits per heavy atom. The number of hydrogen-bond acceptors (Lipinski definition) is 12. The average Bonchev–Trinajstić information content (AvgIpc) is 2.88. The van der Waals surface area contributed by atoms with Crippen LogP contribution in [0.25, 0.3) is 0 Å². The molecule has 1 fully saturated rings. The lowest BCUT2D eigenvalue weighted by molar-refractivity contribution is -0.299. The van der Waals surface area contributed by atoms with Gasteiger partial charge in [0.2, 0.25) is 18.2 Å². The highest BCUT2D eigenvalue weighted by molar-refractivity contribution is 6.26. The Kier molecular flexibility index (Phi) is 10.2. The molecule has 0 spiro atoms. The molecule has 220 valence electrons. The van der Waals surface area contributed by atoms with Gasteiger partial charge in [-0.25, -0.2) is 0 Å². The highest BCUT2D eigenvalue weighted by Gasteiger charge is 2.54. The molecule has 3 rings (SSSR count). The number of Topliss-reactive ketones (excluding diaryl/α,β-unsaturated/α-hetero) is 2. The molecule has 5 atom stereocenters. The van der Waals surface area contributed by atoms with E-state index in [2.05, 4.69) is 0 Å². The Hall–Kier alpha value is -4.32. The van der Waals surface area contributed by atoms with Gasteiger partial charge in [0.25, 0.3) is 0 Å². The molecule has 0 unspecified atom stereocenters. The van der Waals surface area contributed by atoms with Gasteiger partial charge in [0.1, 0.15) is 12.7 Å². The Morgan fingerprint density at radius 2 is 1.29 bits per heavy atom. The second-order valence-corrected chi connectivity index (χ2v) is 9.68. The number of ketones is 2. The number of esters is 4. The van der Waals surface area contributed by atoms with Crippen LogP contribution < -0.4 is 0 Å². The highest BCUT2D eigenvalue weighted by Crippen LogP contribution is 2.35. The first kappa shape index (κ1) is 31.2. The summed E-state index contributed by atoms with van der Waals surface area (Å²) in [7, 11) is 0. The quantitative estimate of drug-likeness (QED) is 0.242. The molecule has 0 bridgehead atoms. The van der Waals surface area contributed by atoms with E-state index in [0.717, 1.165) is 33.3 Å². The lowest BCUT2D eigenvalue weighted by atomic mass is 9.86. The Morgan fingerprint density at radius 3 is 1.83 bits per heavy atom. The first-order valence-electron chi connectivity index (χ1n) is 12.8. The summed E-state index contributed by atoms with van der Waals surface area (Å²) in [4.78, 5) is 74.9. The number of carbonyl (C=O) groups is 6. The molecular formula is C29H32O12. The zero-order chi connectivity index (χ0) is 30.4. The summed E-state index contributed by atoms with van der Waals surface area (Å²) in [5, 5.41) is 0. The van der Waals surface area contributed by atoms with E-state index >= 15 is 0 Å². The summed E-state index contributed by atoms with van der Waals surface area (Å²) in [5.41, 5.74) is 1.20. The maximum Gasteiger partial charge on any atom is 0.303 e. The molecule has 1 aromatic carbocycles. The van der Waals surface area contributed by atoms with Gasteiger partial charge in [0.15, 0.2) is 23.8 Å². The predicted molar refractivity (Wildman–Crippen MR) is 139 cm³/mol. The summed E-state index contributed by atoms with van der Waals surface area (Å²) in [5.74, 6) is -4.55. The number of rotatable bonds is 9. The van der Waals surface area contributed by atoms with Crippen LogP contribution >= 0.6 is 0 Å². The fourth-order valence-corrected chi connectivity index (χ4v) is 4.42. The highest BCUT2D eigenvalue weighted by atomic mass is 16.7. The molecule has 0 radical (unpaired) electrons. The number of carbonyl (C=O) groups excluding carboxylic acids is 6. The van der Waals surface area contributed by atoms with Crippen LogP contribution in [0, 0.1) is 0 Å². The number of ether oxygens (including phenoxy) is 6. The summed E-state index contributed by atoms with van der Waals surface area (Å²) in [6.45, 7) is 7.58. The van der Waals surface area contributed by atoms with Crippen LogP contribution in [0.4, 0.5) is 0 Å². The molecule has 2 aliphatic rings. The molecule has 0 saturated carbocycles. The van der Waals surface area contributed by atoms with Crippen molar-refractivity contribution in [2.75, 3.05) is 6.61 Å². The minimum Gasteiger partial charge on any atom is -0.463 e. The molecule has 12 heteroatoms. The molecule has 0 aromatic heterocycles. The van der Waals surface area contributed by atoms with Crippen LogP contribution in [0.15, 0.2) is 47.2 Å². The van der Waals surface area contributed by atoms with E-state index in [9.17, 15) is 28.8 Å². The van der Waals surface area contributed by atoms with E-state index in [-0.39, 0.29) is 28.9 Å². The number of benzene rings is 1. The van der Waals surface area contributed by atoms with Crippen molar-refractivity contribution in [3.8, 4) is 0 Å². The zero-order valence-corrected chi connectivity index (χ0v) is 23.6. The maximum atomic E-state index is 13.6. The molecule has 12 nitrogen and oxygen atoms in total. The number of fused-ring (bicyclic) bond motifs is 1. The molecule has 0 N–H and O–H groups in total. The van der Waals surface area contributed by atoms with Crippen molar-refractivity contribution in [3.05, 3.63) is 58.4 Å². The normalized spacial score (nSPS) is 23.6. The van der Waals surface area contributed by atoms with Crippen LogP contribution in [0.1, 0.15) is 68.7 Å². The second kappa shape index (κ2) is 13.4. The van der Waals surface area contributed by atoms with Crippen LogP contribution in [0.2, 0.25) is 0 Å². The van der Waals surface area contributed by atoms with E-state index in [4.69, 9.17) is 28.4 Å². The first-order valence-corrected chi connectivity index (χ1v) is 12.8. The Balaban J connectivity index is 2.15. The summed E-state index contributed by atoms with van der Waals surface area (Å²) >= 11 is 0. The third-order valence-corrected chi connectivity index (χ3v) is 6.07. The van der Waals surface area contributed by atoms with Crippen molar-refractivity contribution in [2.24, 2.45) is 0 Å². The second-order valence-electron chi connectivity index (χ2n) is 9.68. The van der Waals surface area contributed by atoms with Crippen molar-refractivity contribution in [3.63, 3.8) is 0 Å². The molecule has 1 aliphatic carbocycles. The first-order chi connectivity index (χ1) is 19.3. The van der Waals surface area contributed by atoms with Gasteiger partial charge >= 0.3 is 23.9 Å². The van der Waals surface area contributed by atoms with Crippen LogP contribution in [-0.2, 0) is 47.6 Å². The van der Waals surface area contributed by atoms with Crippen molar-refractivity contribution in [2.45, 2.75) is 78.7 Å². The van der Waals surface area contributed by atoms with Crippen molar-refractivity contribution in [1.82, 2.24) is 0 Å². The summed E-state index contributed by atoms with van der Waals surface area (Å²) < 4.78 is 33.3. The van der Waals surface area contributed by atoms with E-state index in [0.29, 0.717) is 0 Å². The Bertz CT molecular complexity index is 1300. The van der Waals surface area contributed by atoms with E-state index in [1.54, 1.807) is 18.2 Å². The van der Waals surface area contributed by atoms with Gasteiger partial charge in [-0.15, -0.1) is 0 Å². The number of hydrogen-bond donors (Lipinski definition) is 0. The van der Waals surface area contributed by atoms with Crippen molar-refractivity contribution < 1.29 is 57.2 Å². The SMILES string of the molecule is CC(=O)OC[C@@H]1O[C@H](OC2=C(CC=C(C)C)C(=O)c3ccccc3C2=O)[C@@H](OC(C)=O)[C@H](OC(C)=O)[C@@H]1OC(C)=O. The third kappa shape index (κ3) is 7.66. The zero-order valence-electron chi connectivity index (χ0n) is 23.6. The van der Waals surface area contributed by atoms with E-state index in [1.165, 1.54) is 12.1 Å². The van der Waals surface area contributed by atoms with Crippen LogP contribution in [0.3, 0.4) is 0 Å². The Labute approximate surface area is 236 Å². The van der Waals surface area contributed by atoms with Gasteiger partial charge in [0, 0.05) is 38.8 Å². The summed E-state index contributed by atoms with van der Waals surface area (Å²) in [6, 6.07) is 6.23. The molecular weight excluding hydrogens is 540 g/mol. The maximum absolute atomic E-state index is 13.6. The standard InChI is InChI=1S/C29H32O12/c1-14(2)11-12-21-23(34)19-9-7-8-10-20(19)24(35)25(21)41-29-28(39-18(6)33)27(38-17(5)32)26(37-16(4)31)22(40-29)13-36-15(3)30/h7-11,22,26-29H,12-13H2,1-6H3/t22-,26+,27+,28-,29+/m0/s1. The monoisotopic (exact) mass is 572 g/mol. The fourth-order valence-electron chi connectivity index (χ4n) is 4.42. The van der Waals surface area contributed by atoms with Gasteiger partial charge in [-0.3, -0.25) is 28.8 Å². The number of allylic oxidation sites excluding steroid dienone is 4. The smallest absolute Gasteiger partial charge is 0.303 e. The van der Waals surface area contributed by atoms with Crippen molar-refractivity contribution >= 4 is 35.4 Å². The minimum absolute atomic E-state index is 0.0303. The predicted octanol–water partition coefficient (Wildman–Crippen LogP) is 2.78. The van der Waals surface area contributed by atoms with Gasteiger partial charge < -0.3 is 28.4 Å². The molecule has 1 aromatic rings. The lowest BCUT2D eigenvalue weighted by Gasteiger charge is -2.44. The third-order valence-electron chi connectivity index (χ3n) is 6.07. The van der Waals surface area contributed by atoms with Gasteiger partial charge in [-0.2, -0.15) is 0 Å². The summed E-state index contributed by atoms with van der Waals surface area (Å²) in [6.07, 6.45) is -5.62. The van der Waals surface area contributed by atoms with E-state index < -0.39 is 72.8 Å². The van der Waals surface area contributed by atoms with Gasteiger partial charge in [0.05, 0.1) is 5.57 Å². The lowest BCUT2D eigenvalue weighted by Crippen LogP contribution is -2.63. The van der Waals surface area contributed by atoms with Crippen LogP contribution in [0.5, 0.6) is 0 Å². The molecule has 0 amide bonds. The van der Waals surface area contributed by atoms with Crippen molar-refractivity contribution in [1.29, 1.82) is 0 Å². The van der Waals surface area contributed by atoms with Gasteiger partial charge in [-0.1, -0.05) is 35.9 Å². The van der Waals surface area contributed by atoms with Gasteiger partial charge in [-0.05, 0) is 20.3 Å². The average molecular weight is 573 g/mol. The van der Waals surface area contributed by atoms with E-state index in [1.807, 2.05) is 13.8 Å². The largest absolute Gasteiger partial charge is 0.463 e. The van der Waals surface area contributed by atoms with Crippen LogP contribution in [-0.4, -0.2) is 72.8 Å². The molecule has 1 saturated heterocycles. The molecule has 1 aliphatic heterocycles.